The van der Waals surface area contributed by atoms with Gasteiger partial charge >= 0.3 is 6.18 Å². The number of piperidine rings is 1. The Hall–Kier alpha value is -4.05. The lowest BCUT2D eigenvalue weighted by Crippen LogP contribution is -2.39. The van der Waals surface area contributed by atoms with E-state index in [1.165, 1.54) is 11.9 Å². The number of halogens is 3. The van der Waals surface area contributed by atoms with Gasteiger partial charge in [0.15, 0.2) is 0 Å². The van der Waals surface area contributed by atoms with Crippen molar-refractivity contribution in [2.24, 2.45) is 0 Å². The largest absolute Gasteiger partial charge is 0.393 e. The molecule has 6 rings (SSSR count). The topological polar surface area (TPSA) is 103 Å². The number of pyridine rings is 1. The van der Waals surface area contributed by atoms with E-state index in [2.05, 4.69) is 44.2 Å². The van der Waals surface area contributed by atoms with Crippen LogP contribution in [0.4, 0.5) is 19.0 Å². The maximum atomic E-state index is 12.9. The van der Waals surface area contributed by atoms with Gasteiger partial charge in [-0.3, -0.25) is 9.88 Å². The van der Waals surface area contributed by atoms with Crippen molar-refractivity contribution < 1.29 is 18.3 Å². The molecule has 0 radical (unpaired) electrons. The molecule has 1 aromatic carbocycles. The van der Waals surface area contributed by atoms with Crippen LogP contribution in [0.3, 0.4) is 0 Å². The van der Waals surface area contributed by atoms with Gasteiger partial charge in [-0.2, -0.15) is 18.4 Å². The summed E-state index contributed by atoms with van der Waals surface area (Å²) in [6, 6.07) is 13.6. The number of thiophene rings is 1. The Labute approximate surface area is 250 Å². The zero-order valence-electron chi connectivity index (χ0n) is 23.5. The third kappa shape index (κ3) is 6.34. The van der Waals surface area contributed by atoms with Crippen LogP contribution in [0, 0.1) is 18.3 Å². The minimum absolute atomic E-state index is 0.155. The maximum absolute atomic E-state index is 12.9. The fourth-order valence-corrected chi connectivity index (χ4v) is 6.83. The molecule has 0 amide bonds. The van der Waals surface area contributed by atoms with Gasteiger partial charge in [0.25, 0.3) is 0 Å². The maximum Gasteiger partial charge on any atom is 0.393 e. The Morgan fingerprint density at radius 3 is 2.70 bits per heavy atom. The molecule has 1 aliphatic rings. The van der Waals surface area contributed by atoms with E-state index in [4.69, 9.17) is 0 Å². The molecule has 0 aliphatic carbocycles. The minimum Gasteiger partial charge on any atom is -0.386 e. The number of likely N-dealkylation sites (tertiary alicyclic amines) is 1. The fourth-order valence-electron chi connectivity index (χ4n) is 5.81. The van der Waals surface area contributed by atoms with E-state index < -0.39 is 18.7 Å². The van der Waals surface area contributed by atoms with Crippen LogP contribution >= 0.6 is 11.3 Å². The number of rotatable bonds is 8. The van der Waals surface area contributed by atoms with Crippen molar-refractivity contribution in [1.82, 2.24) is 24.4 Å². The first kappa shape index (κ1) is 29.0. The number of hydrogen-bond acceptors (Lipinski definition) is 8. The van der Waals surface area contributed by atoms with Crippen molar-refractivity contribution in [3.63, 3.8) is 0 Å². The molecule has 0 saturated carbocycles. The Balaban J connectivity index is 1.12. The molecule has 12 heteroatoms. The quantitative estimate of drug-likeness (QED) is 0.219. The highest BCUT2D eigenvalue weighted by atomic mass is 32.1. The Kier molecular flexibility index (Phi) is 8.05. The molecular formula is C31H30F3N7OS. The molecule has 4 aromatic heterocycles. The summed E-state index contributed by atoms with van der Waals surface area (Å²) in [7, 11) is 0. The van der Waals surface area contributed by atoms with Crippen LogP contribution < -0.4 is 5.32 Å². The molecule has 1 saturated heterocycles. The second kappa shape index (κ2) is 11.9. The molecule has 1 fully saturated rings. The molecule has 222 valence electrons. The zero-order valence-corrected chi connectivity index (χ0v) is 24.3. The average Bonchev–Trinajstić information content (AvgIpc) is 3.56. The van der Waals surface area contributed by atoms with Crippen LogP contribution in [-0.4, -0.2) is 54.8 Å². The van der Waals surface area contributed by atoms with E-state index in [0.29, 0.717) is 27.3 Å². The summed E-state index contributed by atoms with van der Waals surface area (Å²) in [6.45, 7) is 4.81. The van der Waals surface area contributed by atoms with Crippen molar-refractivity contribution >= 4 is 38.3 Å². The second-order valence-corrected chi connectivity index (χ2v) is 12.1. The van der Waals surface area contributed by atoms with Crippen LogP contribution in [-0.2, 0) is 19.5 Å². The van der Waals surface area contributed by atoms with Crippen molar-refractivity contribution in [2.45, 2.75) is 57.6 Å². The van der Waals surface area contributed by atoms with Crippen molar-refractivity contribution in [3.05, 3.63) is 82.4 Å². The predicted octanol–water partition coefficient (Wildman–Crippen LogP) is 6.14. The Morgan fingerprint density at radius 2 is 1.98 bits per heavy atom. The summed E-state index contributed by atoms with van der Waals surface area (Å²) >= 11 is 1.06. The van der Waals surface area contributed by atoms with Crippen molar-refractivity contribution in [2.75, 3.05) is 18.4 Å². The lowest BCUT2D eigenvalue weighted by molar-refractivity contribution is -0.126. The van der Waals surface area contributed by atoms with E-state index in [1.54, 1.807) is 24.5 Å². The van der Waals surface area contributed by atoms with Gasteiger partial charge in [-0.15, -0.1) is 11.3 Å². The number of alkyl halides is 3. The summed E-state index contributed by atoms with van der Waals surface area (Å²) < 4.78 is 40.6. The van der Waals surface area contributed by atoms with Gasteiger partial charge in [0.05, 0.1) is 24.5 Å². The standard InChI is InChI=1S/C31H30F3N7OS/c1-19-21(4-5-27-25(19)11-23(14-35)41(27)17-28(42)20-3-2-8-36-15-20)16-40-9-6-22(7-10-40)39-29-26-12-24(13-31(32,33)34)43-30(26)38-18-37-29/h2-5,8,11-12,15,18,22,28,42H,6-7,9-10,13,16-17H2,1H3,(H,37,38,39). The third-order valence-corrected chi connectivity index (χ3v) is 9.13. The number of nitrogens with one attached hydrogen (secondary N) is 1. The molecule has 5 heterocycles. The van der Waals surface area contributed by atoms with Gasteiger partial charge in [0, 0.05) is 59.4 Å². The number of nitriles is 1. The molecule has 1 aliphatic heterocycles. The first-order valence-electron chi connectivity index (χ1n) is 14.1. The highest BCUT2D eigenvalue weighted by Crippen LogP contribution is 2.34. The molecular weight excluding hydrogens is 575 g/mol. The molecule has 1 atom stereocenters. The number of hydrogen-bond donors (Lipinski definition) is 2. The number of aliphatic hydroxyl groups excluding tert-OH is 1. The highest BCUT2D eigenvalue weighted by Gasteiger charge is 2.29. The molecule has 5 aromatic rings. The monoisotopic (exact) mass is 605 g/mol. The zero-order chi connectivity index (χ0) is 30.1. The smallest absolute Gasteiger partial charge is 0.386 e. The van der Waals surface area contributed by atoms with Gasteiger partial charge in [-0.05, 0) is 55.2 Å². The number of anilines is 1. The lowest BCUT2D eigenvalue weighted by atomic mass is 10.0. The first-order chi connectivity index (χ1) is 20.7. The average molecular weight is 606 g/mol. The summed E-state index contributed by atoms with van der Waals surface area (Å²) in [4.78, 5) is 15.8. The van der Waals surface area contributed by atoms with Crippen molar-refractivity contribution in [1.29, 1.82) is 5.26 Å². The summed E-state index contributed by atoms with van der Waals surface area (Å²) in [5.74, 6) is 0.584. The van der Waals surface area contributed by atoms with Crippen LogP contribution in [0.25, 0.3) is 21.1 Å². The number of aryl methyl sites for hydroxylation is 1. The molecule has 2 N–H and O–H groups in total. The molecule has 43 heavy (non-hydrogen) atoms. The number of fused-ring (bicyclic) bond motifs is 2. The highest BCUT2D eigenvalue weighted by molar-refractivity contribution is 7.18. The Morgan fingerprint density at radius 1 is 1.16 bits per heavy atom. The van der Waals surface area contributed by atoms with Crippen LogP contribution in [0.15, 0.2) is 55.1 Å². The van der Waals surface area contributed by atoms with Gasteiger partial charge < -0.3 is 15.0 Å². The second-order valence-electron chi connectivity index (χ2n) is 11.0. The first-order valence-corrected chi connectivity index (χ1v) is 14.9. The van der Waals surface area contributed by atoms with Crippen LogP contribution in [0.5, 0.6) is 0 Å². The Bertz CT molecular complexity index is 1790. The van der Waals surface area contributed by atoms with Gasteiger partial charge in [0.2, 0.25) is 0 Å². The van der Waals surface area contributed by atoms with E-state index in [-0.39, 0.29) is 17.5 Å². The van der Waals surface area contributed by atoms with Gasteiger partial charge in [-0.25, -0.2) is 9.97 Å². The summed E-state index contributed by atoms with van der Waals surface area (Å²) in [6.07, 6.45) is 0.417. The fraction of sp³-hybridized carbons (Fsp3) is 0.355. The predicted molar refractivity (Wildman–Crippen MR) is 160 cm³/mol. The van der Waals surface area contributed by atoms with Crippen LogP contribution in [0.2, 0.25) is 0 Å². The molecule has 8 nitrogen and oxygen atoms in total. The molecule has 1 unspecified atom stereocenters. The number of aliphatic hydroxyl groups is 1. The van der Waals surface area contributed by atoms with E-state index in [0.717, 1.165) is 60.3 Å². The minimum atomic E-state index is -4.26. The van der Waals surface area contributed by atoms with E-state index in [9.17, 15) is 23.5 Å². The third-order valence-electron chi connectivity index (χ3n) is 8.08. The summed E-state index contributed by atoms with van der Waals surface area (Å²) in [5.41, 5.74) is 4.40. The number of aromatic nitrogens is 4. The van der Waals surface area contributed by atoms with E-state index in [1.807, 2.05) is 22.8 Å². The summed E-state index contributed by atoms with van der Waals surface area (Å²) in [5, 5.41) is 25.7. The lowest BCUT2D eigenvalue weighted by Gasteiger charge is -2.33. The van der Waals surface area contributed by atoms with Gasteiger partial charge in [-0.1, -0.05) is 12.1 Å². The number of nitrogens with zero attached hydrogens (tertiary/aromatic N) is 6. The van der Waals surface area contributed by atoms with Crippen molar-refractivity contribution in [3.8, 4) is 6.07 Å². The SMILES string of the molecule is Cc1c(CN2CCC(Nc3ncnc4sc(CC(F)(F)F)cc34)CC2)ccc2c1cc(C#N)n2CC(O)c1cccnc1. The number of benzene rings is 1. The van der Waals surface area contributed by atoms with E-state index >= 15 is 0 Å². The van der Waals surface area contributed by atoms with Crippen LogP contribution in [0.1, 0.15) is 46.2 Å². The normalized spacial score (nSPS) is 15.6. The van der Waals surface area contributed by atoms with Gasteiger partial charge in [0.1, 0.15) is 28.7 Å². The molecule has 0 bridgehead atoms. The molecule has 0 spiro atoms.